The van der Waals surface area contributed by atoms with Crippen LogP contribution in [-0.4, -0.2) is 24.9 Å². The number of nitrogens with zero attached hydrogens (tertiary/aromatic N) is 1. The molecule has 66 valence electrons. The lowest BCUT2D eigenvalue weighted by Crippen LogP contribution is -2.21. The highest BCUT2D eigenvalue weighted by molar-refractivity contribution is 5.95. The van der Waals surface area contributed by atoms with Crippen molar-refractivity contribution in [3.05, 3.63) is 17.4 Å². The number of rotatable bonds is 1. The third-order valence-corrected chi connectivity index (χ3v) is 1.57. The normalized spacial score (nSPS) is 9.92. The van der Waals surface area contributed by atoms with Crippen molar-refractivity contribution < 1.29 is 9.21 Å². The average molecular weight is 168 g/mol. The molecule has 1 heterocycles. The molecule has 0 bridgehead atoms. The molecule has 0 aromatic carbocycles. The number of furan rings is 1. The number of aryl methyl sites for hydroxylation is 1. The van der Waals surface area contributed by atoms with E-state index in [1.807, 2.05) is 0 Å². The minimum Gasteiger partial charge on any atom is -0.445 e. The highest BCUT2D eigenvalue weighted by atomic mass is 16.4. The van der Waals surface area contributed by atoms with E-state index in [0.29, 0.717) is 11.3 Å². The molecule has 1 aromatic heterocycles. The van der Waals surface area contributed by atoms with Crippen LogP contribution in [0.4, 0.5) is 5.88 Å². The first-order valence-electron chi connectivity index (χ1n) is 3.60. The number of amides is 1. The lowest BCUT2D eigenvalue weighted by atomic mass is 10.2. The van der Waals surface area contributed by atoms with Gasteiger partial charge >= 0.3 is 0 Å². The second-order valence-corrected chi connectivity index (χ2v) is 2.82. The minimum atomic E-state index is -0.0899. The van der Waals surface area contributed by atoms with Crippen LogP contribution >= 0.6 is 0 Å². The Morgan fingerprint density at radius 1 is 1.58 bits per heavy atom. The molecular formula is C8H12N2O2. The second kappa shape index (κ2) is 2.89. The highest BCUT2D eigenvalue weighted by Gasteiger charge is 2.14. The number of nitrogens with two attached hydrogens (primary N) is 1. The summed E-state index contributed by atoms with van der Waals surface area (Å²) in [6.07, 6.45) is 0. The van der Waals surface area contributed by atoms with E-state index >= 15 is 0 Å². The van der Waals surface area contributed by atoms with E-state index in [4.69, 9.17) is 10.2 Å². The van der Waals surface area contributed by atoms with E-state index < -0.39 is 0 Å². The van der Waals surface area contributed by atoms with Gasteiger partial charge in [-0.3, -0.25) is 4.79 Å². The lowest BCUT2D eigenvalue weighted by Gasteiger charge is -2.07. The molecular weight excluding hydrogens is 156 g/mol. The Labute approximate surface area is 70.9 Å². The van der Waals surface area contributed by atoms with Crippen molar-refractivity contribution in [2.24, 2.45) is 0 Å². The maximum absolute atomic E-state index is 11.4. The van der Waals surface area contributed by atoms with Gasteiger partial charge in [0.25, 0.3) is 5.91 Å². The SMILES string of the molecule is Cc1oc(N)cc1C(=O)N(C)C. The third kappa shape index (κ3) is 1.42. The average Bonchev–Trinajstić information content (AvgIpc) is 2.28. The van der Waals surface area contributed by atoms with Gasteiger partial charge in [-0.15, -0.1) is 0 Å². The van der Waals surface area contributed by atoms with Gasteiger partial charge in [0.2, 0.25) is 0 Å². The van der Waals surface area contributed by atoms with Gasteiger partial charge in [-0.25, -0.2) is 0 Å². The summed E-state index contributed by atoms with van der Waals surface area (Å²) in [5.74, 6) is 0.747. The van der Waals surface area contributed by atoms with E-state index in [1.54, 1.807) is 21.0 Å². The largest absolute Gasteiger partial charge is 0.445 e. The summed E-state index contributed by atoms with van der Waals surface area (Å²) in [6.45, 7) is 1.72. The molecule has 0 unspecified atom stereocenters. The summed E-state index contributed by atoms with van der Waals surface area (Å²) in [5, 5.41) is 0. The van der Waals surface area contributed by atoms with E-state index in [0.717, 1.165) is 0 Å². The molecule has 0 spiro atoms. The van der Waals surface area contributed by atoms with Gasteiger partial charge in [-0.05, 0) is 6.92 Å². The minimum absolute atomic E-state index is 0.0899. The topological polar surface area (TPSA) is 59.5 Å². The van der Waals surface area contributed by atoms with Gasteiger partial charge in [0, 0.05) is 20.2 Å². The summed E-state index contributed by atoms with van der Waals surface area (Å²) in [6, 6.07) is 1.54. The van der Waals surface area contributed by atoms with E-state index in [-0.39, 0.29) is 11.8 Å². The summed E-state index contributed by atoms with van der Waals surface area (Å²) in [4.78, 5) is 12.9. The van der Waals surface area contributed by atoms with Crippen LogP contribution < -0.4 is 5.73 Å². The molecule has 1 amide bonds. The van der Waals surface area contributed by atoms with Crippen LogP contribution in [-0.2, 0) is 0 Å². The number of hydrogen-bond donors (Lipinski definition) is 1. The predicted octanol–water partition coefficient (Wildman–Crippen LogP) is 0.872. The Bertz CT molecular complexity index is 302. The van der Waals surface area contributed by atoms with Crippen molar-refractivity contribution in [3.63, 3.8) is 0 Å². The first kappa shape index (κ1) is 8.64. The Balaban J connectivity index is 3.02. The molecule has 0 radical (unpaired) electrons. The van der Waals surface area contributed by atoms with Crippen LogP contribution in [0.5, 0.6) is 0 Å². The van der Waals surface area contributed by atoms with Crippen LogP contribution in [0, 0.1) is 6.92 Å². The molecule has 12 heavy (non-hydrogen) atoms. The zero-order valence-corrected chi connectivity index (χ0v) is 7.42. The van der Waals surface area contributed by atoms with Crippen LogP contribution in [0.15, 0.2) is 10.5 Å². The second-order valence-electron chi connectivity index (χ2n) is 2.82. The summed E-state index contributed by atoms with van der Waals surface area (Å²) in [5.41, 5.74) is 5.91. The molecule has 0 aliphatic carbocycles. The van der Waals surface area contributed by atoms with Crippen molar-refractivity contribution in [1.29, 1.82) is 0 Å². The zero-order valence-electron chi connectivity index (χ0n) is 7.42. The van der Waals surface area contributed by atoms with Crippen LogP contribution in [0.25, 0.3) is 0 Å². The predicted molar refractivity (Wildman–Crippen MR) is 45.9 cm³/mol. The monoisotopic (exact) mass is 168 g/mol. The molecule has 0 saturated heterocycles. The first-order chi connectivity index (χ1) is 5.52. The summed E-state index contributed by atoms with van der Waals surface area (Å²) >= 11 is 0. The maximum Gasteiger partial charge on any atom is 0.256 e. The highest BCUT2D eigenvalue weighted by Crippen LogP contribution is 2.16. The Morgan fingerprint density at radius 3 is 2.50 bits per heavy atom. The van der Waals surface area contributed by atoms with Gasteiger partial charge in [0.05, 0.1) is 5.56 Å². The molecule has 4 nitrogen and oxygen atoms in total. The smallest absolute Gasteiger partial charge is 0.256 e. The first-order valence-corrected chi connectivity index (χ1v) is 3.60. The van der Waals surface area contributed by atoms with Crippen molar-refractivity contribution >= 4 is 11.8 Å². The maximum atomic E-state index is 11.4. The number of hydrogen-bond acceptors (Lipinski definition) is 3. The fourth-order valence-electron chi connectivity index (χ4n) is 0.958. The summed E-state index contributed by atoms with van der Waals surface area (Å²) < 4.78 is 5.02. The lowest BCUT2D eigenvalue weighted by molar-refractivity contribution is 0.0826. The van der Waals surface area contributed by atoms with E-state index in [1.165, 1.54) is 11.0 Å². The Kier molecular flexibility index (Phi) is 2.08. The van der Waals surface area contributed by atoms with Gasteiger partial charge in [-0.1, -0.05) is 0 Å². The molecule has 0 fully saturated rings. The quantitative estimate of drug-likeness (QED) is 0.676. The van der Waals surface area contributed by atoms with E-state index in [2.05, 4.69) is 0 Å². The molecule has 0 aliphatic rings. The van der Waals surface area contributed by atoms with Gasteiger partial charge in [0.15, 0.2) is 5.88 Å². The van der Waals surface area contributed by atoms with Gasteiger partial charge < -0.3 is 15.1 Å². The number of carbonyl (C=O) groups is 1. The van der Waals surface area contributed by atoms with Crippen LogP contribution in [0.3, 0.4) is 0 Å². The Hall–Kier alpha value is -1.45. The number of carbonyl (C=O) groups excluding carboxylic acids is 1. The molecule has 0 atom stereocenters. The van der Waals surface area contributed by atoms with Crippen LogP contribution in [0.2, 0.25) is 0 Å². The third-order valence-electron chi connectivity index (χ3n) is 1.57. The van der Waals surface area contributed by atoms with Gasteiger partial charge in [-0.2, -0.15) is 0 Å². The fraction of sp³-hybridized carbons (Fsp3) is 0.375. The summed E-state index contributed by atoms with van der Waals surface area (Å²) in [7, 11) is 3.37. The van der Waals surface area contributed by atoms with Crippen molar-refractivity contribution in [1.82, 2.24) is 4.90 Å². The van der Waals surface area contributed by atoms with E-state index in [9.17, 15) is 4.79 Å². The zero-order chi connectivity index (χ0) is 9.30. The molecule has 2 N–H and O–H groups in total. The molecule has 1 rings (SSSR count). The van der Waals surface area contributed by atoms with Crippen molar-refractivity contribution in [2.45, 2.75) is 6.92 Å². The van der Waals surface area contributed by atoms with Crippen LogP contribution in [0.1, 0.15) is 16.1 Å². The molecule has 0 saturated carbocycles. The molecule has 4 heteroatoms. The fourth-order valence-corrected chi connectivity index (χ4v) is 0.958. The van der Waals surface area contributed by atoms with Gasteiger partial charge in [0.1, 0.15) is 5.76 Å². The standard InChI is InChI=1S/C8H12N2O2/c1-5-6(4-7(9)12-5)8(11)10(2)3/h4H,9H2,1-3H3. The number of anilines is 1. The van der Waals surface area contributed by atoms with Crippen molar-refractivity contribution in [3.8, 4) is 0 Å². The van der Waals surface area contributed by atoms with Crippen molar-refractivity contribution in [2.75, 3.05) is 19.8 Å². The molecule has 0 aliphatic heterocycles. The number of nitrogen functional groups attached to an aromatic ring is 1. The molecule has 1 aromatic rings. The Morgan fingerprint density at radius 2 is 2.17 bits per heavy atom.